The molecule has 2 aromatic carbocycles. The van der Waals surface area contributed by atoms with Gasteiger partial charge in [-0.3, -0.25) is 4.90 Å². The van der Waals surface area contributed by atoms with Crippen molar-refractivity contribution in [3.63, 3.8) is 0 Å². The van der Waals surface area contributed by atoms with Crippen molar-refractivity contribution in [3.05, 3.63) is 65.2 Å². The fraction of sp³-hybridized carbons (Fsp3) is 0.350. The van der Waals surface area contributed by atoms with Gasteiger partial charge in [-0.1, -0.05) is 54.1 Å². The molecule has 1 saturated heterocycles. The van der Waals surface area contributed by atoms with Crippen LogP contribution in [0.2, 0.25) is 5.02 Å². The number of hydrogen-bond acceptors (Lipinski definition) is 3. The molecule has 0 aromatic heterocycles. The maximum Gasteiger partial charge on any atom is 0.319 e. The van der Waals surface area contributed by atoms with Crippen LogP contribution in [0.4, 0.5) is 10.5 Å². The van der Waals surface area contributed by atoms with E-state index in [-0.39, 0.29) is 12.1 Å². The number of ether oxygens (including phenoxy) is 1. The molecule has 1 aliphatic heterocycles. The summed E-state index contributed by atoms with van der Waals surface area (Å²) in [5, 5.41) is 6.17. The Morgan fingerprint density at radius 2 is 1.92 bits per heavy atom. The molecule has 2 aromatic rings. The van der Waals surface area contributed by atoms with E-state index in [1.165, 1.54) is 5.56 Å². The van der Waals surface area contributed by atoms with E-state index in [1.807, 2.05) is 30.3 Å². The Bertz CT molecular complexity index is 711. The highest BCUT2D eigenvalue weighted by atomic mass is 35.5. The monoisotopic (exact) mass is 373 g/mol. The lowest BCUT2D eigenvalue weighted by Crippen LogP contribution is -2.40. The summed E-state index contributed by atoms with van der Waals surface area (Å²) in [5.74, 6) is 0. The number of urea groups is 1. The molecule has 26 heavy (non-hydrogen) atoms. The Labute approximate surface area is 159 Å². The number of nitrogens with zero attached hydrogens (tertiary/aromatic N) is 1. The molecule has 5 nitrogen and oxygen atoms in total. The first-order valence-corrected chi connectivity index (χ1v) is 9.28. The molecule has 0 radical (unpaired) electrons. The van der Waals surface area contributed by atoms with Crippen LogP contribution in [0.1, 0.15) is 18.1 Å². The average molecular weight is 374 g/mol. The molecule has 1 heterocycles. The standard InChI is InChI=1S/C20H24ClN3O2/c21-17-9-4-5-10-18(17)23-20(25)22-11-6-12-24-13-14-26-19(15-24)16-7-2-1-3-8-16/h1-5,7-10,19H,6,11-15H2,(H2,22,23,25)/t19-/m1/s1. The third-order valence-electron chi connectivity index (χ3n) is 4.38. The predicted octanol–water partition coefficient (Wildman–Crippen LogP) is 3.93. The van der Waals surface area contributed by atoms with E-state index < -0.39 is 0 Å². The smallest absolute Gasteiger partial charge is 0.319 e. The highest BCUT2D eigenvalue weighted by Crippen LogP contribution is 2.22. The predicted molar refractivity (Wildman–Crippen MR) is 105 cm³/mol. The molecule has 0 unspecified atom stereocenters. The number of hydrogen-bond donors (Lipinski definition) is 2. The van der Waals surface area contributed by atoms with Gasteiger partial charge >= 0.3 is 6.03 Å². The molecule has 1 fully saturated rings. The van der Waals surface area contributed by atoms with Gasteiger partial charge in [-0.15, -0.1) is 0 Å². The summed E-state index contributed by atoms with van der Waals surface area (Å²) in [7, 11) is 0. The van der Waals surface area contributed by atoms with E-state index in [2.05, 4.69) is 27.7 Å². The van der Waals surface area contributed by atoms with Gasteiger partial charge < -0.3 is 15.4 Å². The number of nitrogens with one attached hydrogen (secondary N) is 2. The Kier molecular flexibility index (Phi) is 6.89. The molecule has 1 aliphatic rings. The number of benzene rings is 2. The fourth-order valence-electron chi connectivity index (χ4n) is 3.01. The summed E-state index contributed by atoms with van der Waals surface area (Å²) in [6.45, 7) is 4.09. The van der Waals surface area contributed by atoms with Gasteiger partial charge in [0, 0.05) is 26.2 Å². The van der Waals surface area contributed by atoms with Crippen LogP contribution >= 0.6 is 11.6 Å². The molecule has 0 saturated carbocycles. The van der Waals surface area contributed by atoms with Gasteiger partial charge in [0.25, 0.3) is 0 Å². The SMILES string of the molecule is O=C(NCCCN1CCO[C@@H](c2ccccc2)C1)Nc1ccccc1Cl. The molecule has 0 bridgehead atoms. The first-order valence-electron chi connectivity index (χ1n) is 8.90. The van der Waals surface area contributed by atoms with Gasteiger partial charge in [0.2, 0.25) is 0 Å². The molecule has 138 valence electrons. The van der Waals surface area contributed by atoms with Crippen LogP contribution in [0.15, 0.2) is 54.6 Å². The number of carbonyl (C=O) groups is 1. The molecule has 3 rings (SSSR count). The summed E-state index contributed by atoms with van der Waals surface area (Å²) < 4.78 is 5.88. The number of para-hydroxylation sites is 1. The number of morpholine rings is 1. The van der Waals surface area contributed by atoms with Gasteiger partial charge in [0.05, 0.1) is 23.4 Å². The van der Waals surface area contributed by atoms with Crippen molar-refractivity contribution in [2.75, 3.05) is 38.1 Å². The molecule has 0 spiro atoms. The first kappa shape index (κ1) is 18.7. The van der Waals surface area contributed by atoms with Crippen molar-refractivity contribution in [3.8, 4) is 0 Å². The fourth-order valence-corrected chi connectivity index (χ4v) is 3.19. The molecule has 1 atom stereocenters. The van der Waals surface area contributed by atoms with Crippen molar-refractivity contribution >= 4 is 23.3 Å². The van der Waals surface area contributed by atoms with E-state index in [0.717, 1.165) is 32.7 Å². The molecular weight excluding hydrogens is 350 g/mol. The lowest BCUT2D eigenvalue weighted by atomic mass is 10.1. The lowest BCUT2D eigenvalue weighted by molar-refractivity contribution is -0.0301. The summed E-state index contributed by atoms with van der Waals surface area (Å²) in [6, 6.07) is 17.3. The van der Waals surface area contributed by atoms with E-state index >= 15 is 0 Å². The van der Waals surface area contributed by atoms with E-state index in [0.29, 0.717) is 17.3 Å². The Morgan fingerprint density at radius 3 is 2.73 bits per heavy atom. The van der Waals surface area contributed by atoms with E-state index in [9.17, 15) is 4.79 Å². The van der Waals surface area contributed by atoms with Gasteiger partial charge in [0.15, 0.2) is 0 Å². The number of carbonyl (C=O) groups excluding carboxylic acids is 1. The minimum absolute atomic E-state index is 0.126. The van der Waals surface area contributed by atoms with Crippen LogP contribution in [-0.4, -0.2) is 43.7 Å². The van der Waals surface area contributed by atoms with Gasteiger partial charge in [-0.05, 0) is 24.1 Å². The second-order valence-electron chi connectivity index (χ2n) is 6.29. The van der Waals surface area contributed by atoms with Crippen molar-refractivity contribution < 1.29 is 9.53 Å². The lowest BCUT2D eigenvalue weighted by Gasteiger charge is -2.33. The molecule has 2 amide bonds. The number of anilines is 1. The molecule has 6 heteroatoms. The Balaban J connectivity index is 1.37. The summed E-state index contributed by atoms with van der Waals surface area (Å²) in [4.78, 5) is 14.3. The Hall–Kier alpha value is -2.08. The van der Waals surface area contributed by atoms with Crippen molar-refractivity contribution in [1.29, 1.82) is 0 Å². The topological polar surface area (TPSA) is 53.6 Å². The minimum atomic E-state index is -0.234. The van der Waals surface area contributed by atoms with Crippen molar-refractivity contribution in [2.24, 2.45) is 0 Å². The highest BCUT2D eigenvalue weighted by Gasteiger charge is 2.21. The second-order valence-corrected chi connectivity index (χ2v) is 6.69. The van der Waals surface area contributed by atoms with Crippen LogP contribution in [0, 0.1) is 0 Å². The summed E-state index contributed by atoms with van der Waals surface area (Å²) in [6.07, 6.45) is 1.01. The zero-order chi connectivity index (χ0) is 18.2. The number of amides is 2. The quantitative estimate of drug-likeness (QED) is 0.754. The average Bonchev–Trinajstić information content (AvgIpc) is 2.68. The molecular formula is C20H24ClN3O2. The first-order chi connectivity index (χ1) is 12.7. The Morgan fingerprint density at radius 1 is 1.15 bits per heavy atom. The largest absolute Gasteiger partial charge is 0.371 e. The molecule has 2 N–H and O–H groups in total. The van der Waals surface area contributed by atoms with E-state index in [1.54, 1.807) is 12.1 Å². The van der Waals surface area contributed by atoms with Crippen LogP contribution < -0.4 is 10.6 Å². The van der Waals surface area contributed by atoms with Gasteiger partial charge in [-0.25, -0.2) is 4.79 Å². The van der Waals surface area contributed by atoms with E-state index in [4.69, 9.17) is 16.3 Å². The third-order valence-corrected chi connectivity index (χ3v) is 4.71. The van der Waals surface area contributed by atoms with Gasteiger partial charge in [-0.2, -0.15) is 0 Å². The summed E-state index contributed by atoms with van der Waals surface area (Å²) >= 11 is 6.03. The maximum absolute atomic E-state index is 11.9. The van der Waals surface area contributed by atoms with Crippen LogP contribution in [0.25, 0.3) is 0 Å². The second kappa shape index (κ2) is 9.57. The highest BCUT2D eigenvalue weighted by molar-refractivity contribution is 6.33. The van der Waals surface area contributed by atoms with Crippen molar-refractivity contribution in [1.82, 2.24) is 10.2 Å². The zero-order valence-electron chi connectivity index (χ0n) is 14.7. The maximum atomic E-state index is 11.9. The van der Waals surface area contributed by atoms with Crippen molar-refractivity contribution in [2.45, 2.75) is 12.5 Å². The van der Waals surface area contributed by atoms with Crippen LogP contribution in [0.5, 0.6) is 0 Å². The third kappa shape index (κ3) is 5.46. The van der Waals surface area contributed by atoms with Crippen LogP contribution in [-0.2, 0) is 4.74 Å². The normalized spacial score (nSPS) is 17.7. The summed E-state index contributed by atoms with van der Waals surface area (Å²) in [5.41, 5.74) is 1.83. The molecule has 0 aliphatic carbocycles. The number of rotatable bonds is 6. The minimum Gasteiger partial charge on any atom is -0.371 e. The van der Waals surface area contributed by atoms with Crippen LogP contribution in [0.3, 0.4) is 0 Å². The zero-order valence-corrected chi connectivity index (χ0v) is 15.4. The number of halogens is 1. The van der Waals surface area contributed by atoms with Gasteiger partial charge in [0.1, 0.15) is 0 Å².